The van der Waals surface area contributed by atoms with Gasteiger partial charge in [0.1, 0.15) is 0 Å². The molecule has 0 aromatic carbocycles. The van der Waals surface area contributed by atoms with E-state index in [9.17, 15) is 20.4 Å². The summed E-state index contributed by atoms with van der Waals surface area (Å²) in [5, 5.41) is 37.1. The molecule has 0 saturated heterocycles. The van der Waals surface area contributed by atoms with Gasteiger partial charge in [-0.1, -0.05) is 0 Å². The molecule has 4 nitrogen and oxygen atoms in total. The predicted molar refractivity (Wildman–Crippen MR) is 119 cm³/mol. The maximum Gasteiger partial charge on any atom is 0.0441 e. The van der Waals surface area contributed by atoms with Crippen LogP contribution < -0.4 is 0 Å². The van der Waals surface area contributed by atoms with Gasteiger partial charge < -0.3 is 20.4 Å². The Bertz CT molecular complexity index is 262. The van der Waals surface area contributed by atoms with Crippen LogP contribution in [-0.4, -0.2) is 67.9 Å². The van der Waals surface area contributed by atoms with Crippen LogP contribution in [0.25, 0.3) is 0 Å². The lowest BCUT2D eigenvalue weighted by molar-refractivity contribution is 0.164. The Hall–Kier alpha value is 1.24. The molecule has 0 aliphatic rings. The summed E-state index contributed by atoms with van der Waals surface area (Å²) in [6.45, 7) is 0.361. The van der Waals surface area contributed by atoms with Gasteiger partial charge in [0.05, 0.1) is 0 Å². The average molecular weight is 433 g/mol. The van der Waals surface area contributed by atoms with Crippen LogP contribution in [0, 0.1) is 5.41 Å². The minimum Gasteiger partial charge on any atom is -0.396 e. The zero-order valence-corrected chi connectivity index (χ0v) is 18.5. The Morgan fingerprint density at radius 2 is 0.680 bits per heavy atom. The molecular formula is C17H36O4S4. The van der Waals surface area contributed by atoms with Crippen molar-refractivity contribution in [2.45, 2.75) is 72.4 Å². The van der Waals surface area contributed by atoms with E-state index in [0.29, 0.717) is 25.7 Å². The summed E-state index contributed by atoms with van der Waals surface area (Å²) in [5.41, 5.74) is -0.160. The average Bonchev–Trinajstić information content (AvgIpc) is 2.47. The molecular weight excluding hydrogens is 396 g/mol. The van der Waals surface area contributed by atoms with Crippen LogP contribution in [0.1, 0.15) is 51.4 Å². The van der Waals surface area contributed by atoms with Crippen molar-refractivity contribution < 1.29 is 20.4 Å². The third kappa shape index (κ3) is 12.3. The fourth-order valence-electron chi connectivity index (χ4n) is 3.50. The summed E-state index contributed by atoms with van der Waals surface area (Å²) in [6, 6.07) is 0. The maximum absolute atomic E-state index is 9.24. The summed E-state index contributed by atoms with van der Waals surface area (Å²) in [6.07, 6.45) is 5.56. The van der Waals surface area contributed by atoms with Crippen LogP contribution in [0.15, 0.2) is 0 Å². The van der Waals surface area contributed by atoms with Crippen LogP contribution in [0.3, 0.4) is 0 Å². The van der Waals surface area contributed by atoms with E-state index >= 15 is 0 Å². The summed E-state index contributed by atoms with van der Waals surface area (Å²) in [7, 11) is 0. The normalized spacial score (nSPS) is 19.2. The van der Waals surface area contributed by atoms with Crippen molar-refractivity contribution in [3.8, 4) is 0 Å². The molecule has 25 heavy (non-hydrogen) atoms. The summed E-state index contributed by atoms with van der Waals surface area (Å²) in [4.78, 5) is 0. The second-order valence-corrected chi connectivity index (χ2v) is 9.90. The lowest BCUT2D eigenvalue weighted by atomic mass is 9.70. The molecule has 4 atom stereocenters. The minimum atomic E-state index is -0.160. The Morgan fingerprint density at radius 1 is 0.480 bits per heavy atom. The first-order valence-corrected chi connectivity index (χ1v) is 11.0. The molecule has 0 fully saturated rings. The summed E-state index contributed by atoms with van der Waals surface area (Å²) in [5.74, 6) is 0. The van der Waals surface area contributed by atoms with Crippen molar-refractivity contribution in [2.24, 2.45) is 5.41 Å². The lowest BCUT2D eigenvalue weighted by Gasteiger charge is -2.41. The number of hydrogen-bond donors (Lipinski definition) is 8. The van der Waals surface area contributed by atoms with Crippen molar-refractivity contribution in [1.29, 1.82) is 0 Å². The van der Waals surface area contributed by atoms with Gasteiger partial charge in [0.15, 0.2) is 0 Å². The number of rotatable bonds is 16. The van der Waals surface area contributed by atoms with Gasteiger partial charge >= 0.3 is 0 Å². The van der Waals surface area contributed by atoms with E-state index in [1.807, 2.05) is 0 Å². The second-order valence-electron chi connectivity index (χ2n) is 6.98. The molecule has 0 aromatic rings. The smallest absolute Gasteiger partial charge is 0.0441 e. The fraction of sp³-hybridized carbons (Fsp3) is 1.00. The number of aliphatic hydroxyl groups is 4. The Balaban J connectivity index is 5.39. The molecule has 0 rings (SSSR count). The van der Waals surface area contributed by atoms with Gasteiger partial charge in [-0.3, -0.25) is 0 Å². The van der Waals surface area contributed by atoms with Gasteiger partial charge in [-0.2, -0.15) is 50.5 Å². The third-order valence-electron chi connectivity index (χ3n) is 4.52. The topological polar surface area (TPSA) is 80.9 Å². The van der Waals surface area contributed by atoms with E-state index in [1.165, 1.54) is 0 Å². The third-order valence-corrected chi connectivity index (χ3v) is 6.29. The largest absolute Gasteiger partial charge is 0.396 e. The summed E-state index contributed by atoms with van der Waals surface area (Å²) >= 11 is 18.6. The van der Waals surface area contributed by atoms with Crippen molar-refractivity contribution in [1.82, 2.24) is 0 Å². The lowest BCUT2D eigenvalue weighted by Crippen LogP contribution is -2.34. The quantitative estimate of drug-likeness (QED) is 0.180. The van der Waals surface area contributed by atoms with Gasteiger partial charge in [-0.15, -0.1) is 0 Å². The van der Waals surface area contributed by atoms with Crippen LogP contribution in [0.2, 0.25) is 0 Å². The monoisotopic (exact) mass is 432 g/mol. The Labute approximate surface area is 174 Å². The molecule has 4 unspecified atom stereocenters. The van der Waals surface area contributed by atoms with Gasteiger partial charge in [-0.25, -0.2) is 0 Å². The SMILES string of the molecule is OCCC(S)CC(CC(S)CCO)(CC(S)CCO)CC(S)CCO. The molecule has 0 aliphatic carbocycles. The molecule has 0 aromatic heterocycles. The highest BCUT2D eigenvalue weighted by Gasteiger charge is 2.36. The van der Waals surface area contributed by atoms with Crippen LogP contribution in [0.4, 0.5) is 0 Å². The zero-order chi connectivity index (χ0) is 19.3. The van der Waals surface area contributed by atoms with Crippen molar-refractivity contribution in [3.63, 3.8) is 0 Å². The standard InChI is InChI=1S/C17H36O4S4/c18-5-1-13(22)9-17(10-14(23)2-6-19,11-15(24)3-7-20)12-16(25)4-8-21/h13-16,18-25H,1-12H2. The highest BCUT2D eigenvalue weighted by Crippen LogP contribution is 2.45. The molecule has 4 N–H and O–H groups in total. The fourth-order valence-corrected chi connectivity index (χ4v) is 5.51. The first-order valence-electron chi connectivity index (χ1n) is 8.98. The number of thiol groups is 4. The van der Waals surface area contributed by atoms with E-state index in [4.69, 9.17) is 0 Å². The highest BCUT2D eigenvalue weighted by atomic mass is 32.1. The zero-order valence-electron chi connectivity index (χ0n) is 14.9. The molecule has 0 heterocycles. The van der Waals surface area contributed by atoms with E-state index in [0.717, 1.165) is 25.7 Å². The summed E-state index contributed by atoms with van der Waals surface area (Å²) < 4.78 is 0. The second kappa shape index (κ2) is 15.2. The molecule has 0 spiro atoms. The molecule has 0 saturated carbocycles. The van der Waals surface area contributed by atoms with Gasteiger partial charge in [0, 0.05) is 47.4 Å². The van der Waals surface area contributed by atoms with Crippen LogP contribution in [0.5, 0.6) is 0 Å². The van der Waals surface area contributed by atoms with E-state index in [-0.39, 0.29) is 52.8 Å². The molecule has 0 radical (unpaired) electrons. The molecule has 0 bridgehead atoms. The molecule has 0 aliphatic heterocycles. The first-order chi connectivity index (χ1) is 11.8. The van der Waals surface area contributed by atoms with Crippen LogP contribution in [-0.2, 0) is 0 Å². The van der Waals surface area contributed by atoms with Crippen LogP contribution >= 0.6 is 50.5 Å². The Morgan fingerprint density at radius 3 is 0.840 bits per heavy atom. The van der Waals surface area contributed by atoms with E-state index in [1.54, 1.807) is 0 Å². The van der Waals surface area contributed by atoms with Gasteiger partial charge in [0.2, 0.25) is 0 Å². The van der Waals surface area contributed by atoms with E-state index < -0.39 is 0 Å². The maximum atomic E-state index is 9.24. The number of hydrogen-bond acceptors (Lipinski definition) is 8. The number of aliphatic hydroxyl groups excluding tert-OH is 4. The first kappa shape index (κ1) is 26.2. The highest BCUT2D eigenvalue weighted by molar-refractivity contribution is 7.81. The molecule has 8 heteroatoms. The van der Waals surface area contributed by atoms with Crippen molar-refractivity contribution in [2.75, 3.05) is 26.4 Å². The Kier molecular flexibility index (Phi) is 15.9. The van der Waals surface area contributed by atoms with E-state index in [2.05, 4.69) is 50.5 Å². The minimum absolute atomic E-state index is 0.0454. The van der Waals surface area contributed by atoms with Gasteiger partial charge in [-0.05, 0) is 56.8 Å². The van der Waals surface area contributed by atoms with Crippen molar-refractivity contribution in [3.05, 3.63) is 0 Å². The van der Waals surface area contributed by atoms with Crippen molar-refractivity contribution >= 4 is 50.5 Å². The predicted octanol–water partition coefficient (Wildman–Crippen LogP) is 2.26. The van der Waals surface area contributed by atoms with Gasteiger partial charge in [0.25, 0.3) is 0 Å². The molecule has 152 valence electrons. The molecule has 0 amide bonds.